The fourth-order valence-corrected chi connectivity index (χ4v) is 5.08. The number of fused-ring (bicyclic) bond motifs is 2. The molecule has 1 saturated carbocycles. The van der Waals surface area contributed by atoms with Gasteiger partial charge in [0.15, 0.2) is 5.78 Å². The van der Waals surface area contributed by atoms with Crippen molar-refractivity contribution in [3.05, 3.63) is 59.2 Å². The molecule has 0 radical (unpaired) electrons. The minimum absolute atomic E-state index is 0.0157. The molecular weight excluding hydrogens is 390 g/mol. The van der Waals surface area contributed by atoms with Crippen molar-refractivity contribution in [3.63, 3.8) is 0 Å². The normalized spacial score (nSPS) is 23.6. The van der Waals surface area contributed by atoms with Gasteiger partial charge in [-0.1, -0.05) is 17.3 Å². The van der Waals surface area contributed by atoms with Gasteiger partial charge in [-0.25, -0.2) is 14.6 Å². The predicted octanol–water partition coefficient (Wildman–Crippen LogP) is 2.46. The van der Waals surface area contributed by atoms with Crippen LogP contribution < -0.4 is 10.6 Å². The second-order valence-electron chi connectivity index (χ2n) is 9.12. The van der Waals surface area contributed by atoms with Crippen LogP contribution in [0.25, 0.3) is 0 Å². The van der Waals surface area contributed by atoms with Crippen LogP contribution in [0.1, 0.15) is 52.5 Å². The Morgan fingerprint density at radius 2 is 2.03 bits per heavy atom. The molecule has 2 fully saturated rings. The maximum absolute atomic E-state index is 12.8. The van der Waals surface area contributed by atoms with Gasteiger partial charge in [0, 0.05) is 31.4 Å². The van der Waals surface area contributed by atoms with E-state index in [1.54, 1.807) is 10.9 Å². The van der Waals surface area contributed by atoms with E-state index < -0.39 is 0 Å². The first kappa shape index (κ1) is 18.5. The molecule has 0 spiro atoms. The molecular formula is C23H25N7O. The highest BCUT2D eigenvalue weighted by molar-refractivity contribution is 5.94. The van der Waals surface area contributed by atoms with E-state index in [4.69, 9.17) is 5.73 Å². The van der Waals surface area contributed by atoms with Crippen molar-refractivity contribution in [3.8, 4) is 0 Å². The first-order chi connectivity index (χ1) is 15.1. The second kappa shape index (κ2) is 7.14. The van der Waals surface area contributed by atoms with Crippen LogP contribution in [0.3, 0.4) is 0 Å². The van der Waals surface area contributed by atoms with E-state index >= 15 is 0 Å². The van der Waals surface area contributed by atoms with Gasteiger partial charge in [-0.2, -0.15) is 0 Å². The Bertz CT molecular complexity index is 1130. The SMILES string of the molecule is Nc1ccc2c(n1)CC[C@H]2CC(=O)c1cn(Cc2ccc(N3CC4CC4C3)nc2)nn1. The van der Waals surface area contributed by atoms with Crippen LogP contribution in [0.15, 0.2) is 36.7 Å². The largest absolute Gasteiger partial charge is 0.384 e. The summed E-state index contributed by atoms with van der Waals surface area (Å²) in [6.45, 7) is 2.83. The molecule has 3 atom stereocenters. The highest BCUT2D eigenvalue weighted by Gasteiger charge is 2.45. The molecule has 1 saturated heterocycles. The molecule has 0 bridgehead atoms. The van der Waals surface area contributed by atoms with E-state index in [1.165, 1.54) is 6.42 Å². The predicted molar refractivity (Wildman–Crippen MR) is 116 cm³/mol. The Hall–Kier alpha value is -3.29. The summed E-state index contributed by atoms with van der Waals surface area (Å²) in [5, 5.41) is 8.27. The third kappa shape index (κ3) is 3.56. The van der Waals surface area contributed by atoms with Crippen LogP contribution in [-0.2, 0) is 13.0 Å². The third-order valence-electron chi connectivity index (χ3n) is 6.91. The zero-order chi connectivity index (χ0) is 20.9. The number of rotatable bonds is 6. The molecule has 2 unspecified atom stereocenters. The Balaban J connectivity index is 1.09. The van der Waals surface area contributed by atoms with Crippen LogP contribution >= 0.6 is 0 Å². The van der Waals surface area contributed by atoms with Crippen molar-refractivity contribution < 1.29 is 4.79 Å². The summed E-state index contributed by atoms with van der Waals surface area (Å²) in [7, 11) is 0. The zero-order valence-electron chi connectivity index (χ0n) is 17.3. The Labute approximate surface area is 180 Å². The second-order valence-corrected chi connectivity index (χ2v) is 9.12. The Morgan fingerprint density at radius 1 is 1.16 bits per heavy atom. The molecule has 3 aromatic heterocycles. The standard InChI is InChI=1S/C23H25N7O/c24-22-5-3-18-15(2-4-19(18)26-22)8-21(31)20-13-30(28-27-20)10-14-1-6-23(25-9-14)29-11-16-7-17(16)12-29/h1,3,5-6,9,13,15-17H,2,4,7-8,10-12H2,(H2,24,26)/t15-,16?,17?/m0/s1. The lowest BCUT2D eigenvalue weighted by Crippen LogP contribution is -2.22. The number of carbonyl (C=O) groups excluding carboxylic acids is 1. The number of nitrogens with two attached hydrogens (primary N) is 1. The number of hydrogen-bond acceptors (Lipinski definition) is 7. The van der Waals surface area contributed by atoms with Gasteiger partial charge in [0.25, 0.3) is 0 Å². The average molecular weight is 416 g/mol. The highest BCUT2D eigenvalue weighted by Crippen LogP contribution is 2.45. The number of pyridine rings is 2. The number of carbonyl (C=O) groups is 1. The summed E-state index contributed by atoms with van der Waals surface area (Å²) in [6.07, 6.45) is 7.24. The monoisotopic (exact) mass is 415 g/mol. The quantitative estimate of drug-likeness (QED) is 0.617. The molecule has 8 nitrogen and oxygen atoms in total. The van der Waals surface area contributed by atoms with E-state index in [0.717, 1.165) is 60.4 Å². The first-order valence-corrected chi connectivity index (χ1v) is 11.0. The van der Waals surface area contributed by atoms with Crippen molar-refractivity contribution in [2.45, 2.75) is 38.1 Å². The van der Waals surface area contributed by atoms with Crippen molar-refractivity contribution in [1.29, 1.82) is 0 Å². The lowest BCUT2D eigenvalue weighted by Gasteiger charge is -2.18. The van der Waals surface area contributed by atoms with Crippen LogP contribution in [0.5, 0.6) is 0 Å². The molecule has 158 valence electrons. The Morgan fingerprint density at radius 3 is 2.84 bits per heavy atom. The van der Waals surface area contributed by atoms with Gasteiger partial charge >= 0.3 is 0 Å². The van der Waals surface area contributed by atoms with E-state index in [1.807, 2.05) is 18.3 Å². The van der Waals surface area contributed by atoms with Gasteiger partial charge in [-0.15, -0.1) is 5.10 Å². The number of Topliss-reactive ketones (excluding diaryl/α,β-unsaturated/α-hetero) is 1. The van der Waals surface area contributed by atoms with E-state index in [0.29, 0.717) is 24.5 Å². The van der Waals surface area contributed by atoms with Gasteiger partial charge in [0.1, 0.15) is 17.3 Å². The van der Waals surface area contributed by atoms with Crippen molar-refractivity contribution in [2.24, 2.45) is 11.8 Å². The van der Waals surface area contributed by atoms with Crippen molar-refractivity contribution in [2.75, 3.05) is 23.7 Å². The average Bonchev–Trinajstić information content (AvgIpc) is 3.14. The lowest BCUT2D eigenvalue weighted by atomic mass is 9.95. The maximum Gasteiger partial charge on any atom is 0.185 e. The summed E-state index contributed by atoms with van der Waals surface area (Å²) in [6, 6.07) is 7.98. The molecule has 0 aromatic carbocycles. The molecule has 3 aliphatic rings. The fourth-order valence-electron chi connectivity index (χ4n) is 5.08. The van der Waals surface area contributed by atoms with Crippen molar-refractivity contribution >= 4 is 17.4 Å². The molecule has 3 aromatic rings. The number of aryl methyl sites for hydroxylation is 1. The molecule has 0 amide bonds. The number of aromatic nitrogens is 5. The van der Waals surface area contributed by atoms with Gasteiger partial charge in [0.2, 0.25) is 0 Å². The maximum atomic E-state index is 12.8. The summed E-state index contributed by atoms with van der Waals surface area (Å²) in [4.78, 5) is 24.2. The minimum Gasteiger partial charge on any atom is -0.384 e. The van der Waals surface area contributed by atoms with Gasteiger partial charge in [-0.3, -0.25) is 4.79 Å². The molecule has 2 N–H and O–H groups in total. The summed E-state index contributed by atoms with van der Waals surface area (Å²) in [5.74, 6) is 3.56. The van der Waals surface area contributed by atoms with E-state index in [2.05, 4.69) is 37.3 Å². The Kier molecular flexibility index (Phi) is 4.26. The highest BCUT2D eigenvalue weighted by atomic mass is 16.1. The smallest absolute Gasteiger partial charge is 0.185 e. The zero-order valence-corrected chi connectivity index (χ0v) is 17.3. The van der Waals surface area contributed by atoms with E-state index in [9.17, 15) is 4.79 Å². The molecule has 2 aliphatic carbocycles. The van der Waals surface area contributed by atoms with Crippen LogP contribution in [-0.4, -0.2) is 43.8 Å². The number of hydrogen-bond donors (Lipinski definition) is 1. The fraction of sp³-hybridized carbons (Fsp3) is 0.435. The lowest BCUT2D eigenvalue weighted by molar-refractivity contribution is 0.0968. The number of ketones is 1. The molecule has 1 aliphatic heterocycles. The van der Waals surface area contributed by atoms with Gasteiger partial charge in [-0.05, 0) is 60.3 Å². The summed E-state index contributed by atoms with van der Waals surface area (Å²) < 4.78 is 1.71. The number of nitrogen functional groups attached to an aromatic ring is 1. The van der Waals surface area contributed by atoms with Crippen LogP contribution in [0.2, 0.25) is 0 Å². The summed E-state index contributed by atoms with van der Waals surface area (Å²) >= 11 is 0. The molecule has 8 heteroatoms. The first-order valence-electron chi connectivity index (χ1n) is 11.0. The van der Waals surface area contributed by atoms with Gasteiger partial charge < -0.3 is 10.6 Å². The van der Waals surface area contributed by atoms with Gasteiger partial charge in [0.05, 0.1) is 12.7 Å². The molecule has 4 heterocycles. The number of nitrogens with zero attached hydrogens (tertiary/aromatic N) is 6. The van der Waals surface area contributed by atoms with Crippen LogP contribution in [0, 0.1) is 11.8 Å². The topological polar surface area (TPSA) is 103 Å². The van der Waals surface area contributed by atoms with Crippen LogP contribution in [0.4, 0.5) is 11.6 Å². The summed E-state index contributed by atoms with van der Waals surface area (Å²) in [5.41, 5.74) is 9.39. The molecule has 31 heavy (non-hydrogen) atoms. The number of anilines is 2. The minimum atomic E-state index is 0.0157. The molecule has 6 rings (SSSR count). The third-order valence-corrected chi connectivity index (χ3v) is 6.91. The van der Waals surface area contributed by atoms with Crippen molar-refractivity contribution in [1.82, 2.24) is 25.0 Å². The van der Waals surface area contributed by atoms with E-state index in [-0.39, 0.29) is 11.7 Å². The number of piperidine rings is 1.